The van der Waals surface area contributed by atoms with Gasteiger partial charge in [0.2, 0.25) is 0 Å². The van der Waals surface area contributed by atoms with Crippen molar-refractivity contribution in [1.82, 2.24) is 0 Å². The Morgan fingerprint density at radius 2 is 2.00 bits per heavy atom. The van der Waals surface area contributed by atoms with Gasteiger partial charge >= 0.3 is 0 Å². The summed E-state index contributed by atoms with van der Waals surface area (Å²) in [5, 5.41) is 0.194. The van der Waals surface area contributed by atoms with Crippen molar-refractivity contribution in [2.45, 2.75) is 24.9 Å². The van der Waals surface area contributed by atoms with E-state index in [1.165, 1.54) is 0 Å². The Hall–Kier alpha value is -0.830. The monoisotopic (exact) mass is 197 g/mol. The maximum absolute atomic E-state index is 11.5. The molecule has 1 unspecified atom stereocenters. The zero-order valence-corrected chi connectivity index (χ0v) is 8.80. The Kier molecular flexibility index (Phi) is 3.48. The topological polar surface area (TPSA) is 43.1 Å². The van der Waals surface area contributed by atoms with Crippen molar-refractivity contribution in [1.29, 1.82) is 0 Å². The Bertz CT molecular complexity index is 310. The highest BCUT2D eigenvalue weighted by Crippen LogP contribution is 2.14. The highest BCUT2D eigenvalue weighted by molar-refractivity contribution is 7.84. The van der Waals surface area contributed by atoms with Crippen LogP contribution in [0, 0.1) is 0 Å². The quantitative estimate of drug-likeness (QED) is 0.752. The third kappa shape index (κ3) is 2.84. The summed E-state index contributed by atoms with van der Waals surface area (Å²) in [7, 11) is -0.813. The van der Waals surface area contributed by atoms with E-state index in [9.17, 15) is 4.21 Å². The fourth-order valence-electron chi connectivity index (χ4n) is 0.986. The van der Waals surface area contributed by atoms with Crippen molar-refractivity contribution < 1.29 is 4.21 Å². The minimum Gasteiger partial charge on any atom is -0.398 e. The van der Waals surface area contributed by atoms with Crippen LogP contribution in [0.1, 0.15) is 19.4 Å². The van der Waals surface area contributed by atoms with Crippen molar-refractivity contribution in [3.63, 3.8) is 0 Å². The molecule has 72 valence electrons. The van der Waals surface area contributed by atoms with Crippen LogP contribution in [0.5, 0.6) is 0 Å². The average molecular weight is 197 g/mol. The van der Waals surface area contributed by atoms with Crippen molar-refractivity contribution in [2.75, 3.05) is 5.73 Å². The van der Waals surface area contributed by atoms with Gasteiger partial charge in [-0.2, -0.15) is 0 Å². The molecule has 0 aromatic heterocycles. The lowest BCUT2D eigenvalue weighted by Crippen LogP contribution is -2.09. The summed E-state index contributed by atoms with van der Waals surface area (Å²) in [6.45, 7) is 3.91. The molecule has 2 N–H and O–H groups in total. The second kappa shape index (κ2) is 4.42. The highest BCUT2D eigenvalue weighted by atomic mass is 32.2. The summed E-state index contributed by atoms with van der Waals surface area (Å²) in [5.74, 6) is 0.560. The van der Waals surface area contributed by atoms with Gasteiger partial charge in [-0.25, -0.2) is 0 Å². The fourth-order valence-corrected chi connectivity index (χ4v) is 1.89. The molecule has 0 saturated carbocycles. The highest BCUT2D eigenvalue weighted by Gasteiger charge is 2.07. The van der Waals surface area contributed by atoms with Crippen LogP contribution in [-0.4, -0.2) is 9.46 Å². The summed E-state index contributed by atoms with van der Waals surface area (Å²) in [6.07, 6.45) is 0. The van der Waals surface area contributed by atoms with E-state index in [0.29, 0.717) is 5.75 Å². The first-order chi connectivity index (χ1) is 6.11. The van der Waals surface area contributed by atoms with Crippen LogP contribution in [0.15, 0.2) is 24.3 Å². The molecule has 0 radical (unpaired) electrons. The molecule has 0 aliphatic heterocycles. The van der Waals surface area contributed by atoms with Crippen LogP contribution in [0.4, 0.5) is 5.69 Å². The van der Waals surface area contributed by atoms with Gasteiger partial charge in [0, 0.05) is 21.7 Å². The first-order valence-electron chi connectivity index (χ1n) is 4.32. The van der Waals surface area contributed by atoms with Crippen molar-refractivity contribution in [2.24, 2.45) is 0 Å². The lowest BCUT2D eigenvalue weighted by atomic mass is 10.2. The number of nitrogen functional groups attached to an aromatic ring is 1. The Labute approximate surface area is 81.6 Å². The molecule has 0 heterocycles. The zero-order chi connectivity index (χ0) is 9.84. The first-order valence-corrected chi connectivity index (χ1v) is 5.70. The lowest BCUT2D eigenvalue weighted by molar-refractivity contribution is 0.676. The molecule has 0 fully saturated rings. The Balaban J connectivity index is 2.75. The predicted molar refractivity (Wildman–Crippen MR) is 57.8 cm³/mol. The second-order valence-electron chi connectivity index (χ2n) is 3.27. The molecule has 2 nitrogen and oxygen atoms in total. The second-order valence-corrected chi connectivity index (χ2v) is 5.27. The van der Waals surface area contributed by atoms with Crippen LogP contribution in [-0.2, 0) is 16.6 Å². The summed E-state index contributed by atoms with van der Waals surface area (Å²) in [4.78, 5) is 0. The molecule has 0 aliphatic carbocycles. The maximum atomic E-state index is 11.5. The molecule has 0 aliphatic rings. The van der Waals surface area contributed by atoms with Crippen molar-refractivity contribution >= 4 is 16.5 Å². The predicted octanol–water partition coefficient (Wildman–Crippen LogP) is 1.93. The van der Waals surface area contributed by atoms with Gasteiger partial charge in [-0.3, -0.25) is 4.21 Å². The summed E-state index contributed by atoms with van der Waals surface area (Å²) < 4.78 is 11.5. The SMILES string of the molecule is CC(C)S(=O)Cc1ccccc1N. The van der Waals surface area contributed by atoms with Gasteiger partial charge in [0.25, 0.3) is 0 Å². The average Bonchev–Trinajstić information content (AvgIpc) is 2.08. The summed E-state index contributed by atoms with van der Waals surface area (Å²) in [6, 6.07) is 7.57. The Morgan fingerprint density at radius 3 is 2.54 bits per heavy atom. The largest absolute Gasteiger partial charge is 0.398 e. The molecule has 1 aromatic rings. The molecular formula is C10H15NOS. The molecule has 3 heteroatoms. The third-order valence-electron chi connectivity index (χ3n) is 1.88. The molecule has 0 bridgehead atoms. The first kappa shape index (κ1) is 10.3. The minimum absolute atomic E-state index is 0.194. The van der Waals surface area contributed by atoms with E-state index in [1.54, 1.807) is 0 Å². The van der Waals surface area contributed by atoms with Gasteiger partial charge in [0.05, 0.1) is 5.75 Å². The van der Waals surface area contributed by atoms with E-state index in [4.69, 9.17) is 5.73 Å². The van der Waals surface area contributed by atoms with E-state index in [0.717, 1.165) is 11.3 Å². The number of hydrogen-bond donors (Lipinski definition) is 1. The number of rotatable bonds is 3. The smallest absolute Gasteiger partial charge is 0.0508 e. The van der Waals surface area contributed by atoms with E-state index < -0.39 is 10.8 Å². The third-order valence-corrected chi connectivity index (χ3v) is 3.53. The van der Waals surface area contributed by atoms with Crippen molar-refractivity contribution in [3.8, 4) is 0 Å². The van der Waals surface area contributed by atoms with Crippen LogP contribution >= 0.6 is 0 Å². The maximum Gasteiger partial charge on any atom is 0.0508 e. The number of anilines is 1. The van der Waals surface area contributed by atoms with Crippen LogP contribution in [0.3, 0.4) is 0 Å². The standard InChI is InChI=1S/C10H15NOS/c1-8(2)13(12)7-9-5-3-4-6-10(9)11/h3-6,8H,7,11H2,1-2H3. The Morgan fingerprint density at radius 1 is 1.38 bits per heavy atom. The molecular weight excluding hydrogens is 182 g/mol. The number of benzene rings is 1. The van der Waals surface area contributed by atoms with E-state index >= 15 is 0 Å². The van der Waals surface area contributed by atoms with Gasteiger partial charge in [0.15, 0.2) is 0 Å². The van der Waals surface area contributed by atoms with Gasteiger partial charge in [-0.1, -0.05) is 32.0 Å². The van der Waals surface area contributed by atoms with Gasteiger partial charge in [-0.15, -0.1) is 0 Å². The molecule has 0 amide bonds. The van der Waals surface area contributed by atoms with Gasteiger partial charge in [0.1, 0.15) is 0 Å². The summed E-state index contributed by atoms with van der Waals surface area (Å²) in [5.41, 5.74) is 7.45. The van der Waals surface area contributed by atoms with E-state index in [-0.39, 0.29) is 5.25 Å². The van der Waals surface area contributed by atoms with Crippen LogP contribution in [0.2, 0.25) is 0 Å². The fraction of sp³-hybridized carbons (Fsp3) is 0.400. The van der Waals surface area contributed by atoms with E-state index in [1.807, 2.05) is 38.1 Å². The lowest BCUT2D eigenvalue weighted by Gasteiger charge is -2.07. The van der Waals surface area contributed by atoms with Gasteiger partial charge in [-0.05, 0) is 11.6 Å². The van der Waals surface area contributed by atoms with Crippen LogP contribution in [0.25, 0.3) is 0 Å². The van der Waals surface area contributed by atoms with E-state index in [2.05, 4.69) is 0 Å². The molecule has 1 rings (SSSR count). The summed E-state index contributed by atoms with van der Waals surface area (Å²) >= 11 is 0. The number of nitrogens with two attached hydrogens (primary N) is 1. The number of hydrogen-bond acceptors (Lipinski definition) is 2. The van der Waals surface area contributed by atoms with Crippen LogP contribution < -0.4 is 5.73 Å². The van der Waals surface area contributed by atoms with Crippen molar-refractivity contribution in [3.05, 3.63) is 29.8 Å². The zero-order valence-electron chi connectivity index (χ0n) is 7.99. The molecule has 0 spiro atoms. The molecule has 1 atom stereocenters. The number of para-hydroxylation sites is 1. The normalized spacial score (nSPS) is 13.2. The molecule has 1 aromatic carbocycles. The molecule has 0 saturated heterocycles. The molecule has 13 heavy (non-hydrogen) atoms. The van der Waals surface area contributed by atoms with Gasteiger partial charge < -0.3 is 5.73 Å². The minimum atomic E-state index is -0.813.